The van der Waals surface area contributed by atoms with Crippen LogP contribution in [-0.4, -0.2) is 46.9 Å². The number of benzene rings is 1. The van der Waals surface area contributed by atoms with Crippen LogP contribution in [-0.2, 0) is 17.8 Å². The van der Waals surface area contributed by atoms with Gasteiger partial charge in [0.2, 0.25) is 5.91 Å². The maximum Gasteiger partial charge on any atom is 0.223 e. The molecule has 2 aromatic rings. The van der Waals surface area contributed by atoms with Gasteiger partial charge in [0.05, 0.1) is 11.2 Å². The Morgan fingerprint density at radius 3 is 2.69 bits per heavy atom. The third-order valence-electron chi connectivity index (χ3n) is 5.93. The van der Waals surface area contributed by atoms with Crippen molar-refractivity contribution in [3.05, 3.63) is 52.5 Å². The standard InChI is InChI=1S/C21H27N3OS/c25-20-13-21(8-11-23(12-9-21)14-19-15-26-17-22-19)16-24(20)10-4-7-18-5-2-1-3-6-18/h1-3,5-6,15,17H,4,7-14,16H2. The Balaban J connectivity index is 1.25. The van der Waals surface area contributed by atoms with Gasteiger partial charge < -0.3 is 4.90 Å². The molecule has 4 rings (SSSR count). The molecular weight excluding hydrogens is 342 g/mol. The summed E-state index contributed by atoms with van der Waals surface area (Å²) in [5.41, 5.74) is 4.67. The number of nitrogens with zero attached hydrogens (tertiary/aromatic N) is 3. The number of amides is 1. The van der Waals surface area contributed by atoms with E-state index >= 15 is 0 Å². The van der Waals surface area contributed by atoms with E-state index in [0.717, 1.165) is 64.8 Å². The Morgan fingerprint density at radius 1 is 1.15 bits per heavy atom. The summed E-state index contributed by atoms with van der Waals surface area (Å²) in [7, 11) is 0. The molecule has 0 aliphatic carbocycles. The number of carbonyl (C=O) groups is 1. The summed E-state index contributed by atoms with van der Waals surface area (Å²) < 4.78 is 0. The number of carbonyl (C=O) groups excluding carboxylic acids is 1. The largest absolute Gasteiger partial charge is 0.342 e. The molecule has 0 unspecified atom stereocenters. The molecule has 2 aliphatic heterocycles. The third-order valence-corrected chi connectivity index (χ3v) is 6.56. The van der Waals surface area contributed by atoms with Crippen LogP contribution < -0.4 is 0 Å². The second-order valence-electron chi connectivity index (χ2n) is 7.84. The van der Waals surface area contributed by atoms with Crippen LogP contribution in [0.5, 0.6) is 0 Å². The van der Waals surface area contributed by atoms with Gasteiger partial charge in [-0.15, -0.1) is 11.3 Å². The van der Waals surface area contributed by atoms with Crippen molar-refractivity contribution >= 4 is 17.2 Å². The number of hydrogen-bond acceptors (Lipinski definition) is 4. The zero-order chi connectivity index (χ0) is 17.8. The second kappa shape index (κ2) is 7.89. The first-order chi connectivity index (χ1) is 12.7. The molecule has 0 N–H and O–H groups in total. The highest BCUT2D eigenvalue weighted by Gasteiger charge is 2.44. The molecule has 2 aliphatic rings. The molecule has 1 spiro atoms. The zero-order valence-electron chi connectivity index (χ0n) is 15.3. The van der Waals surface area contributed by atoms with Crippen LogP contribution in [0.4, 0.5) is 0 Å². The molecule has 0 saturated carbocycles. The molecule has 1 aromatic heterocycles. The molecule has 0 bridgehead atoms. The Kier molecular flexibility index (Phi) is 5.36. The smallest absolute Gasteiger partial charge is 0.223 e. The van der Waals surface area contributed by atoms with E-state index in [1.165, 1.54) is 11.3 Å². The Labute approximate surface area is 159 Å². The summed E-state index contributed by atoms with van der Waals surface area (Å²) >= 11 is 1.66. The fourth-order valence-corrected chi connectivity index (χ4v) is 4.92. The number of aromatic nitrogens is 1. The van der Waals surface area contributed by atoms with Gasteiger partial charge in [-0.3, -0.25) is 9.69 Å². The minimum Gasteiger partial charge on any atom is -0.342 e. The molecule has 2 saturated heterocycles. The van der Waals surface area contributed by atoms with E-state index in [2.05, 4.69) is 50.5 Å². The molecule has 1 amide bonds. The maximum absolute atomic E-state index is 12.5. The predicted molar refractivity (Wildman–Crippen MR) is 105 cm³/mol. The maximum atomic E-state index is 12.5. The van der Waals surface area contributed by atoms with Crippen LogP contribution in [0.15, 0.2) is 41.2 Å². The van der Waals surface area contributed by atoms with Crippen LogP contribution in [0, 0.1) is 5.41 Å². The quantitative estimate of drug-likeness (QED) is 0.781. The number of rotatable bonds is 6. The molecule has 26 heavy (non-hydrogen) atoms. The van der Waals surface area contributed by atoms with Gasteiger partial charge in [0.15, 0.2) is 0 Å². The minimum absolute atomic E-state index is 0.225. The van der Waals surface area contributed by atoms with Gasteiger partial charge in [-0.2, -0.15) is 0 Å². The summed E-state index contributed by atoms with van der Waals surface area (Å²) in [6.07, 6.45) is 5.14. The van der Waals surface area contributed by atoms with E-state index in [1.54, 1.807) is 11.3 Å². The number of piperidine rings is 1. The molecule has 3 heterocycles. The molecule has 2 fully saturated rings. The number of hydrogen-bond donors (Lipinski definition) is 0. The first-order valence-electron chi connectivity index (χ1n) is 9.64. The molecule has 1 aromatic carbocycles. The highest BCUT2D eigenvalue weighted by atomic mass is 32.1. The number of aryl methyl sites for hydroxylation is 1. The Morgan fingerprint density at radius 2 is 1.96 bits per heavy atom. The molecule has 4 nitrogen and oxygen atoms in total. The highest BCUT2D eigenvalue weighted by Crippen LogP contribution is 2.41. The van der Waals surface area contributed by atoms with E-state index in [4.69, 9.17) is 0 Å². The monoisotopic (exact) mass is 369 g/mol. The minimum atomic E-state index is 0.225. The summed E-state index contributed by atoms with van der Waals surface area (Å²) in [5.74, 6) is 0.367. The van der Waals surface area contributed by atoms with Crippen LogP contribution in [0.25, 0.3) is 0 Å². The van der Waals surface area contributed by atoms with Crippen molar-refractivity contribution in [1.82, 2.24) is 14.8 Å². The Bertz CT molecular complexity index is 708. The fourth-order valence-electron chi connectivity index (χ4n) is 4.37. The van der Waals surface area contributed by atoms with Crippen molar-refractivity contribution < 1.29 is 4.79 Å². The normalized spacial score (nSPS) is 20.2. The lowest BCUT2D eigenvalue weighted by molar-refractivity contribution is -0.127. The zero-order valence-corrected chi connectivity index (χ0v) is 16.1. The van der Waals surface area contributed by atoms with Gasteiger partial charge in [0.25, 0.3) is 0 Å². The van der Waals surface area contributed by atoms with Crippen molar-refractivity contribution in [2.75, 3.05) is 26.2 Å². The summed E-state index contributed by atoms with van der Waals surface area (Å²) in [4.78, 5) is 21.5. The SMILES string of the molecule is O=C1CC2(CCN(Cc3cscn3)CC2)CN1CCCc1ccccc1. The fraction of sp³-hybridized carbons (Fsp3) is 0.524. The van der Waals surface area contributed by atoms with Crippen molar-refractivity contribution in [2.45, 2.75) is 38.6 Å². The van der Waals surface area contributed by atoms with E-state index in [1.807, 2.05) is 5.51 Å². The summed E-state index contributed by atoms with van der Waals surface area (Å²) in [5, 5.41) is 2.14. The highest BCUT2D eigenvalue weighted by molar-refractivity contribution is 7.07. The van der Waals surface area contributed by atoms with E-state index < -0.39 is 0 Å². The first-order valence-corrected chi connectivity index (χ1v) is 10.6. The van der Waals surface area contributed by atoms with Gasteiger partial charge >= 0.3 is 0 Å². The lowest BCUT2D eigenvalue weighted by Crippen LogP contribution is -2.41. The van der Waals surface area contributed by atoms with Gasteiger partial charge in [0, 0.05) is 31.4 Å². The Hall–Kier alpha value is -1.72. The molecule has 138 valence electrons. The third kappa shape index (κ3) is 4.15. The average Bonchev–Trinajstić information content (AvgIpc) is 3.27. The lowest BCUT2D eigenvalue weighted by Gasteiger charge is -2.38. The lowest BCUT2D eigenvalue weighted by atomic mass is 9.77. The van der Waals surface area contributed by atoms with Crippen LogP contribution in [0.1, 0.15) is 36.9 Å². The number of likely N-dealkylation sites (tertiary alicyclic amines) is 2. The number of thiazole rings is 1. The predicted octanol–water partition coefficient (Wildman–Crippen LogP) is 3.59. The van der Waals surface area contributed by atoms with Crippen molar-refractivity contribution in [3.63, 3.8) is 0 Å². The van der Waals surface area contributed by atoms with E-state index in [0.29, 0.717) is 5.91 Å². The van der Waals surface area contributed by atoms with Gasteiger partial charge in [-0.05, 0) is 49.8 Å². The first kappa shape index (κ1) is 17.7. The average molecular weight is 370 g/mol. The molecule has 5 heteroatoms. The van der Waals surface area contributed by atoms with Crippen molar-refractivity contribution in [2.24, 2.45) is 5.41 Å². The molecule has 0 radical (unpaired) electrons. The van der Waals surface area contributed by atoms with Crippen molar-refractivity contribution in [3.8, 4) is 0 Å². The van der Waals surface area contributed by atoms with Crippen molar-refractivity contribution in [1.29, 1.82) is 0 Å². The second-order valence-corrected chi connectivity index (χ2v) is 8.56. The van der Waals surface area contributed by atoms with Crippen LogP contribution in [0.3, 0.4) is 0 Å². The van der Waals surface area contributed by atoms with Gasteiger partial charge in [0.1, 0.15) is 0 Å². The summed E-state index contributed by atoms with van der Waals surface area (Å²) in [6, 6.07) is 10.6. The van der Waals surface area contributed by atoms with E-state index in [-0.39, 0.29) is 5.41 Å². The van der Waals surface area contributed by atoms with Crippen LogP contribution in [0.2, 0.25) is 0 Å². The molecule has 0 atom stereocenters. The van der Waals surface area contributed by atoms with E-state index in [9.17, 15) is 4.79 Å². The topological polar surface area (TPSA) is 36.4 Å². The summed E-state index contributed by atoms with van der Waals surface area (Å²) in [6.45, 7) is 4.99. The van der Waals surface area contributed by atoms with Gasteiger partial charge in [-0.25, -0.2) is 4.98 Å². The molecular formula is C21H27N3OS. The van der Waals surface area contributed by atoms with Crippen LogP contribution >= 0.6 is 11.3 Å². The van der Waals surface area contributed by atoms with Gasteiger partial charge in [-0.1, -0.05) is 30.3 Å².